The largest absolute Gasteiger partial charge is 0.378 e. The SMILES string of the molecule is Nc1nc(N2CCOCC2)c2nc(-c3c(Cl)cccc3Cl)cnc2n1. The van der Waals surface area contributed by atoms with Crippen molar-refractivity contribution in [2.24, 2.45) is 0 Å². The van der Waals surface area contributed by atoms with E-state index < -0.39 is 0 Å². The standard InChI is InChI=1S/C16H14Cl2N6O/c17-9-2-1-3-10(18)12(9)11-8-20-14-13(21-11)15(23-16(19)22-14)24-4-6-25-7-5-24/h1-3,8H,4-7H2,(H2,19,20,22,23). The number of morpholine rings is 1. The van der Waals surface area contributed by atoms with E-state index in [2.05, 4.69) is 24.8 Å². The molecule has 4 rings (SSSR count). The van der Waals surface area contributed by atoms with E-state index in [0.717, 1.165) is 0 Å². The number of nitrogens with zero attached hydrogens (tertiary/aromatic N) is 5. The van der Waals surface area contributed by atoms with E-state index in [1.165, 1.54) is 0 Å². The summed E-state index contributed by atoms with van der Waals surface area (Å²) >= 11 is 12.6. The third kappa shape index (κ3) is 3.06. The normalized spacial score (nSPS) is 14.9. The Hall–Kier alpha value is -2.22. The first kappa shape index (κ1) is 16.3. The van der Waals surface area contributed by atoms with Crippen LogP contribution in [0.1, 0.15) is 0 Å². The van der Waals surface area contributed by atoms with Crippen LogP contribution in [-0.2, 0) is 4.74 Å². The number of hydrogen-bond donors (Lipinski definition) is 1. The smallest absolute Gasteiger partial charge is 0.224 e. The molecule has 9 heteroatoms. The van der Waals surface area contributed by atoms with Crippen molar-refractivity contribution in [3.05, 3.63) is 34.4 Å². The molecular weight excluding hydrogens is 363 g/mol. The van der Waals surface area contributed by atoms with Gasteiger partial charge in [-0.2, -0.15) is 9.97 Å². The molecule has 0 spiro atoms. The molecule has 0 unspecified atom stereocenters. The Kier molecular flexibility index (Phi) is 4.29. The highest BCUT2D eigenvalue weighted by Gasteiger charge is 2.20. The molecule has 25 heavy (non-hydrogen) atoms. The summed E-state index contributed by atoms with van der Waals surface area (Å²) in [5, 5.41) is 1.01. The Labute approximate surface area is 153 Å². The predicted molar refractivity (Wildman–Crippen MR) is 98.0 cm³/mol. The summed E-state index contributed by atoms with van der Waals surface area (Å²) in [4.78, 5) is 19.7. The van der Waals surface area contributed by atoms with Gasteiger partial charge >= 0.3 is 0 Å². The maximum atomic E-state index is 6.30. The van der Waals surface area contributed by atoms with E-state index in [0.29, 0.717) is 64.6 Å². The number of hydrogen-bond acceptors (Lipinski definition) is 7. The van der Waals surface area contributed by atoms with Gasteiger partial charge in [-0.25, -0.2) is 9.97 Å². The van der Waals surface area contributed by atoms with Crippen molar-refractivity contribution in [1.29, 1.82) is 0 Å². The predicted octanol–water partition coefficient (Wildman–Crippen LogP) is 2.81. The van der Waals surface area contributed by atoms with Crippen molar-refractivity contribution in [2.45, 2.75) is 0 Å². The summed E-state index contributed by atoms with van der Waals surface area (Å²) in [5.74, 6) is 0.801. The van der Waals surface area contributed by atoms with E-state index in [1.54, 1.807) is 24.4 Å². The molecule has 128 valence electrons. The first-order valence-corrected chi connectivity index (χ1v) is 8.46. The minimum atomic E-state index is 0.159. The van der Waals surface area contributed by atoms with Gasteiger partial charge in [0, 0.05) is 18.7 Å². The fraction of sp³-hybridized carbons (Fsp3) is 0.250. The van der Waals surface area contributed by atoms with Gasteiger partial charge in [0.2, 0.25) is 5.95 Å². The molecule has 3 aromatic rings. The van der Waals surface area contributed by atoms with Gasteiger partial charge in [0.1, 0.15) is 0 Å². The molecule has 0 aliphatic carbocycles. The fourth-order valence-corrected chi connectivity index (χ4v) is 3.36. The second-order valence-electron chi connectivity index (χ2n) is 5.53. The summed E-state index contributed by atoms with van der Waals surface area (Å²) < 4.78 is 5.40. The van der Waals surface area contributed by atoms with Crippen molar-refractivity contribution < 1.29 is 4.74 Å². The highest BCUT2D eigenvalue weighted by molar-refractivity contribution is 6.39. The minimum absolute atomic E-state index is 0.159. The number of halogens is 2. The van der Waals surface area contributed by atoms with E-state index in [9.17, 15) is 0 Å². The highest BCUT2D eigenvalue weighted by Crippen LogP contribution is 2.34. The lowest BCUT2D eigenvalue weighted by molar-refractivity contribution is 0.122. The van der Waals surface area contributed by atoms with Gasteiger partial charge < -0.3 is 15.4 Å². The van der Waals surface area contributed by atoms with Crippen molar-refractivity contribution in [3.63, 3.8) is 0 Å². The third-order valence-corrected chi connectivity index (χ3v) is 4.57. The Bertz CT molecular complexity index is 925. The van der Waals surface area contributed by atoms with Gasteiger partial charge in [-0.05, 0) is 12.1 Å². The van der Waals surface area contributed by atoms with Gasteiger partial charge in [0.05, 0.1) is 35.1 Å². The molecule has 0 atom stereocenters. The molecule has 0 saturated carbocycles. The molecular formula is C16H14Cl2N6O. The average molecular weight is 377 g/mol. The summed E-state index contributed by atoms with van der Waals surface area (Å²) in [6.45, 7) is 2.64. The lowest BCUT2D eigenvalue weighted by Crippen LogP contribution is -2.37. The zero-order valence-electron chi connectivity index (χ0n) is 13.1. The molecule has 2 N–H and O–H groups in total. The van der Waals surface area contributed by atoms with E-state index in [1.807, 2.05) is 0 Å². The van der Waals surface area contributed by atoms with Crippen molar-refractivity contribution in [2.75, 3.05) is 36.9 Å². The Balaban J connectivity index is 1.91. The number of fused-ring (bicyclic) bond motifs is 1. The number of nitrogen functional groups attached to an aromatic ring is 1. The monoisotopic (exact) mass is 376 g/mol. The van der Waals surface area contributed by atoms with Gasteiger partial charge in [0.15, 0.2) is 17.0 Å². The third-order valence-electron chi connectivity index (χ3n) is 3.94. The summed E-state index contributed by atoms with van der Waals surface area (Å²) in [6.07, 6.45) is 1.59. The van der Waals surface area contributed by atoms with E-state index >= 15 is 0 Å². The van der Waals surface area contributed by atoms with Crippen molar-refractivity contribution >= 4 is 46.1 Å². The zero-order valence-corrected chi connectivity index (χ0v) is 14.6. The van der Waals surface area contributed by atoms with Crippen LogP contribution in [0.4, 0.5) is 11.8 Å². The molecule has 0 amide bonds. The van der Waals surface area contributed by atoms with Crippen LogP contribution in [0.15, 0.2) is 24.4 Å². The topological polar surface area (TPSA) is 90.0 Å². The van der Waals surface area contributed by atoms with Crippen LogP contribution in [0.5, 0.6) is 0 Å². The number of ether oxygens (including phenoxy) is 1. The van der Waals surface area contributed by atoms with Gasteiger partial charge in [-0.3, -0.25) is 0 Å². The Morgan fingerprint density at radius 3 is 2.48 bits per heavy atom. The second kappa shape index (κ2) is 6.59. The molecule has 0 bridgehead atoms. The van der Waals surface area contributed by atoms with Crippen LogP contribution >= 0.6 is 23.2 Å². The summed E-state index contributed by atoms with van der Waals surface area (Å²) in [5.41, 5.74) is 8.02. The first-order valence-electron chi connectivity index (χ1n) is 7.71. The van der Waals surface area contributed by atoms with E-state index in [4.69, 9.17) is 33.7 Å². The minimum Gasteiger partial charge on any atom is -0.378 e. The molecule has 7 nitrogen and oxygen atoms in total. The quantitative estimate of drug-likeness (QED) is 0.734. The van der Waals surface area contributed by atoms with Crippen molar-refractivity contribution in [1.82, 2.24) is 19.9 Å². The Morgan fingerprint density at radius 2 is 1.76 bits per heavy atom. The molecule has 2 aromatic heterocycles. The Morgan fingerprint density at radius 1 is 1.04 bits per heavy atom. The molecule has 0 radical (unpaired) electrons. The number of rotatable bonds is 2. The van der Waals surface area contributed by atoms with Crippen LogP contribution < -0.4 is 10.6 Å². The summed E-state index contributed by atoms with van der Waals surface area (Å²) in [6, 6.07) is 5.31. The maximum Gasteiger partial charge on any atom is 0.224 e. The number of aromatic nitrogens is 4. The molecule has 1 aliphatic heterocycles. The lowest BCUT2D eigenvalue weighted by Gasteiger charge is -2.28. The number of nitrogens with two attached hydrogens (primary N) is 1. The van der Waals surface area contributed by atoms with Gasteiger partial charge in [-0.1, -0.05) is 29.3 Å². The van der Waals surface area contributed by atoms with Crippen LogP contribution in [0.3, 0.4) is 0 Å². The number of anilines is 2. The van der Waals surface area contributed by atoms with Crippen LogP contribution in [0, 0.1) is 0 Å². The first-order chi connectivity index (χ1) is 12.1. The highest BCUT2D eigenvalue weighted by atomic mass is 35.5. The molecule has 1 aromatic carbocycles. The van der Waals surface area contributed by atoms with Crippen LogP contribution in [-0.4, -0.2) is 46.2 Å². The zero-order chi connectivity index (χ0) is 17.4. The van der Waals surface area contributed by atoms with Crippen LogP contribution in [0.25, 0.3) is 22.4 Å². The molecule has 3 heterocycles. The molecule has 1 saturated heterocycles. The number of benzene rings is 1. The van der Waals surface area contributed by atoms with E-state index in [-0.39, 0.29) is 5.95 Å². The molecule has 1 aliphatic rings. The van der Waals surface area contributed by atoms with Crippen molar-refractivity contribution in [3.8, 4) is 11.3 Å². The summed E-state index contributed by atoms with van der Waals surface area (Å²) in [7, 11) is 0. The van der Waals surface area contributed by atoms with Gasteiger partial charge in [-0.15, -0.1) is 0 Å². The molecule has 1 fully saturated rings. The lowest BCUT2D eigenvalue weighted by atomic mass is 10.1. The average Bonchev–Trinajstić information content (AvgIpc) is 2.62. The van der Waals surface area contributed by atoms with Crippen LogP contribution in [0.2, 0.25) is 10.0 Å². The van der Waals surface area contributed by atoms with Gasteiger partial charge in [0.25, 0.3) is 0 Å². The fourth-order valence-electron chi connectivity index (χ4n) is 2.77. The maximum absolute atomic E-state index is 6.30. The second-order valence-corrected chi connectivity index (χ2v) is 6.34.